The van der Waals surface area contributed by atoms with Gasteiger partial charge in [-0.2, -0.15) is 5.48 Å². The van der Waals surface area contributed by atoms with Crippen LogP contribution in [0.3, 0.4) is 0 Å². The maximum atomic E-state index is 9.23. The molecule has 4 heteroatoms. The molecule has 4 nitrogen and oxygen atoms in total. The fraction of sp³-hybridized carbons (Fsp3) is 0.188. The van der Waals surface area contributed by atoms with Crippen molar-refractivity contribution in [3.8, 4) is 0 Å². The molecule has 0 aliphatic carbocycles. The van der Waals surface area contributed by atoms with Crippen LogP contribution in [0.15, 0.2) is 54.9 Å². The SMILES string of the molecule is CC(NO)c1cc2ccccc2n1Cc1cccnc1. The molecule has 1 unspecified atom stereocenters. The first-order valence-electron chi connectivity index (χ1n) is 6.66. The smallest absolute Gasteiger partial charge is 0.0693 e. The third-order valence-corrected chi connectivity index (χ3v) is 3.54. The molecule has 0 bridgehead atoms. The van der Waals surface area contributed by atoms with Gasteiger partial charge in [-0.3, -0.25) is 4.98 Å². The van der Waals surface area contributed by atoms with Gasteiger partial charge >= 0.3 is 0 Å². The van der Waals surface area contributed by atoms with E-state index in [4.69, 9.17) is 0 Å². The molecule has 0 saturated carbocycles. The number of hydrogen-bond donors (Lipinski definition) is 2. The first-order chi connectivity index (χ1) is 9.79. The van der Waals surface area contributed by atoms with Crippen LogP contribution in [0.5, 0.6) is 0 Å². The Hall–Kier alpha value is -2.17. The van der Waals surface area contributed by atoms with Crippen LogP contribution in [-0.4, -0.2) is 14.8 Å². The number of nitrogens with zero attached hydrogens (tertiary/aromatic N) is 2. The van der Waals surface area contributed by atoms with Crippen LogP contribution >= 0.6 is 0 Å². The summed E-state index contributed by atoms with van der Waals surface area (Å²) < 4.78 is 2.21. The van der Waals surface area contributed by atoms with Crippen molar-refractivity contribution in [2.75, 3.05) is 0 Å². The van der Waals surface area contributed by atoms with E-state index in [1.54, 1.807) is 6.20 Å². The lowest BCUT2D eigenvalue weighted by Gasteiger charge is -2.15. The van der Waals surface area contributed by atoms with Gasteiger partial charge in [0.1, 0.15) is 0 Å². The number of aromatic nitrogens is 2. The zero-order valence-electron chi connectivity index (χ0n) is 11.3. The quantitative estimate of drug-likeness (QED) is 0.714. The van der Waals surface area contributed by atoms with E-state index in [1.165, 1.54) is 5.39 Å². The maximum absolute atomic E-state index is 9.23. The Morgan fingerprint density at radius 1 is 1.25 bits per heavy atom. The fourth-order valence-corrected chi connectivity index (χ4v) is 2.51. The maximum Gasteiger partial charge on any atom is 0.0693 e. The molecular weight excluding hydrogens is 250 g/mol. The van der Waals surface area contributed by atoms with Gasteiger partial charge in [0.15, 0.2) is 0 Å². The van der Waals surface area contributed by atoms with E-state index < -0.39 is 0 Å². The van der Waals surface area contributed by atoms with Gasteiger partial charge in [0, 0.05) is 30.1 Å². The summed E-state index contributed by atoms with van der Waals surface area (Å²) in [6, 6.07) is 14.2. The lowest BCUT2D eigenvalue weighted by molar-refractivity contribution is 0.130. The molecule has 0 radical (unpaired) electrons. The van der Waals surface area contributed by atoms with Crippen molar-refractivity contribution in [2.45, 2.75) is 19.5 Å². The van der Waals surface area contributed by atoms with E-state index in [-0.39, 0.29) is 6.04 Å². The predicted octanol–water partition coefficient (Wildman–Crippen LogP) is 3.12. The zero-order valence-corrected chi connectivity index (χ0v) is 11.3. The Morgan fingerprint density at radius 3 is 2.85 bits per heavy atom. The van der Waals surface area contributed by atoms with Gasteiger partial charge in [0.2, 0.25) is 0 Å². The van der Waals surface area contributed by atoms with Gasteiger partial charge < -0.3 is 9.77 Å². The summed E-state index contributed by atoms with van der Waals surface area (Å²) in [6.45, 7) is 2.68. The minimum Gasteiger partial charge on any atom is -0.338 e. The molecule has 1 aromatic carbocycles. The van der Waals surface area contributed by atoms with E-state index in [9.17, 15) is 5.21 Å². The summed E-state index contributed by atoms with van der Waals surface area (Å²) in [5.74, 6) is 0. The van der Waals surface area contributed by atoms with Crippen LogP contribution in [0.2, 0.25) is 0 Å². The first kappa shape index (κ1) is 12.8. The van der Waals surface area contributed by atoms with Gasteiger partial charge in [-0.25, -0.2) is 0 Å². The number of hydroxylamine groups is 1. The number of pyridine rings is 1. The van der Waals surface area contributed by atoms with Crippen molar-refractivity contribution in [2.24, 2.45) is 0 Å². The first-order valence-corrected chi connectivity index (χ1v) is 6.66. The highest BCUT2D eigenvalue weighted by atomic mass is 16.5. The topological polar surface area (TPSA) is 50.1 Å². The number of benzene rings is 1. The number of nitrogens with one attached hydrogen (secondary N) is 1. The van der Waals surface area contributed by atoms with Crippen LogP contribution in [-0.2, 0) is 6.54 Å². The lowest BCUT2D eigenvalue weighted by Crippen LogP contribution is -2.17. The monoisotopic (exact) mass is 267 g/mol. The number of para-hydroxylation sites is 1. The van der Waals surface area contributed by atoms with Gasteiger partial charge in [-0.15, -0.1) is 0 Å². The summed E-state index contributed by atoms with van der Waals surface area (Å²) in [5, 5.41) is 10.4. The molecule has 0 amide bonds. The van der Waals surface area contributed by atoms with Gasteiger partial charge in [0.05, 0.1) is 6.04 Å². The Kier molecular flexibility index (Phi) is 3.50. The second-order valence-corrected chi connectivity index (χ2v) is 4.93. The van der Waals surface area contributed by atoms with E-state index in [2.05, 4.69) is 39.3 Å². The zero-order chi connectivity index (χ0) is 13.9. The van der Waals surface area contributed by atoms with E-state index >= 15 is 0 Å². The summed E-state index contributed by atoms with van der Waals surface area (Å²) in [6.07, 6.45) is 3.64. The van der Waals surface area contributed by atoms with Crippen molar-refractivity contribution in [3.63, 3.8) is 0 Å². The number of fused-ring (bicyclic) bond motifs is 1. The van der Waals surface area contributed by atoms with Crippen LogP contribution in [0.1, 0.15) is 24.2 Å². The van der Waals surface area contributed by atoms with Gasteiger partial charge in [-0.1, -0.05) is 24.3 Å². The van der Waals surface area contributed by atoms with Crippen molar-refractivity contribution >= 4 is 10.9 Å². The summed E-state index contributed by atoms with van der Waals surface area (Å²) in [5.41, 5.74) is 5.68. The third-order valence-electron chi connectivity index (χ3n) is 3.54. The predicted molar refractivity (Wildman–Crippen MR) is 78.6 cm³/mol. The molecule has 0 saturated heterocycles. The molecule has 2 aromatic heterocycles. The highest BCUT2D eigenvalue weighted by Crippen LogP contribution is 2.25. The van der Waals surface area contributed by atoms with Crippen molar-refractivity contribution in [1.29, 1.82) is 0 Å². The molecular formula is C16H17N3O. The lowest BCUT2D eigenvalue weighted by atomic mass is 10.2. The average Bonchev–Trinajstić information content (AvgIpc) is 2.86. The second-order valence-electron chi connectivity index (χ2n) is 4.93. The molecule has 0 fully saturated rings. The molecule has 2 N–H and O–H groups in total. The van der Waals surface area contributed by atoms with Gasteiger partial charge in [0.25, 0.3) is 0 Å². The largest absolute Gasteiger partial charge is 0.338 e. The summed E-state index contributed by atoms with van der Waals surface area (Å²) in [7, 11) is 0. The van der Waals surface area contributed by atoms with Gasteiger partial charge in [-0.05, 0) is 36.1 Å². The van der Waals surface area contributed by atoms with Crippen molar-refractivity contribution in [3.05, 3.63) is 66.1 Å². The standard InChI is InChI=1S/C16H17N3O/c1-12(18-20)16-9-14-6-2-3-7-15(14)19(16)11-13-5-4-8-17-10-13/h2-10,12,18,20H,11H2,1H3. The highest BCUT2D eigenvalue weighted by Gasteiger charge is 2.14. The number of rotatable bonds is 4. The van der Waals surface area contributed by atoms with Crippen LogP contribution in [0.4, 0.5) is 0 Å². The van der Waals surface area contributed by atoms with E-state index in [1.807, 2.05) is 31.3 Å². The molecule has 3 rings (SSSR count). The Balaban J connectivity index is 2.11. The molecule has 1 atom stereocenters. The molecule has 20 heavy (non-hydrogen) atoms. The van der Waals surface area contributed by atoms with Crippen LogP contribution < -0.4 is 5.48 Å². The van der Waals surface area contributed by atoms with E-state index in [0.29, 0.717) is 0 Å². The molecule has 0 aliphatic rings. The summed E-state index contributed by atoms with van der Waals surface area (Å²) in [4.78, 5) is 4.16. The highest BCUT2D eigenvalue weighted by molar-refractivity contribution is 5.81. The molecule has 0 aliphatic heterocycles. The van der Waals surface area contributed by atoms with Crippen LogP contribution in [0, 0.1) is 0 Å². The normalized spacial score (nSPS) is 12.7. The Bertz CT molecular complexity index is 706. The van der Waals surface area contributed by atoms with Crippen molar-refractivity contribution < 1.29 is 5.21 Å². The van der Waals surface area contributed by atoms with Crippen molar-refractivity contribution in [1.82, 2.24) is 15.0 Å². The van der Waals surface area contributed by atoms with Crippen LogP contribution in [0.25, 0.3) is 10.9 Å². The fourth-order valence-electron chi connectivity index (χ4n) is 2.51. The number of hydrogen-bond acceptors (Lipinski definition) is 3. The molecule has 0 spiro atoms. The Labute approximate surface area is 117 Å². The van der Waals surface area contributed by atoms with E-state index in [0.717, 1.165) is 23.3 Å². The second kappa shape index (κ2) is 5.45. The molecule has 3 aromatic rings. The molecule has 2 heterocycles. The summed E-state index contributed by atoms with van der Waals surface area (Å²) >= 11 is 0. The average molecular weight is 267 g/mol. The Morgan fingerprint density at radius 2 is 2.10 bits per heavy atom. The molecule has 102 valence electrons. The third kappa shape index (κ3) is 2.31. The minimum absolute atomic E-state index is 0.126. The minimum atomic E-state index is -0.126.